The van der Waals surface area contributed by atoms with E-state index in [0.29, 0.717) is 31.2 Å². The molecule has 1 atom stereocenters. The maximum atomic E-state index is 12.1. The van der Waals surface area contributed by atoms with Crippen molar-refractivity contribution in [2.45, 2.75) is 25.5 Å². The van der Waals surface area contributed by atoms with E-state index < -0.39 is 5.25 Å². The number of hydrogen-bond acceptors (Lipinski definition) is 7. The minimum Gasteiger partial charge on any atom is -0.491 e. The first-order chi connectivity index (χ1) is 14.5. The lowest BCUT2D eigenvalue weighted by Crippen LogP contribution is -2.29. The van der Waals surface area contributed by atoms with Crippen LogP contribution in [0.3, 0.4) is 0 Å². The Morgan fingerprint density at radius 2 is 2.10 bits per heavy atom. The van der Waals surface area contributed by atoms with Gasteiger partial charge in [0.25, 0.3) is 0 Å². The van der Waals surface area contributed by atoms with Crippen LogP contribution in [0.25, 0.3) is 10.9 Å². The lowest BCUT2D eigenvalue weighted by atomic mass is 10.2. The average molecular weight is 429 g/mol. The van der Waals surface area contributed by atoms with Gasteiger partial charge in [-0.05, 0) is 32.4 Å². The first kappa shape index (κ1) is 21.6. The molecule has 30 heavy (non-hydrogen) atoms. The summed E-state index contributed by atoms with van der Waals surface area (Å²) in [5.41, 5.74) is 0.827. The molecule has 0 aliphatic heterocycles. The Balaban J connectivity index is 1.31. The minimum atomic E-state index is -0.394. The van der Waals surface area contributed by atoms with Crippen molar-refractivity contribution in [3.8, 4) is 5.75 Å². The molecule has 2 aromatic heterocycles. The maximum Gasteiger partial charge on any atom is 0.238 e. The van der Waals surface area contributed by atoms with E-state index in [2.05, 4.69) is 20.8 Å². The summed E-state index contributed by atoms with van der Waals surface area (Å²) in [6.07, 6.45) is 2.41. The Bertz CT molecular complexity index is 1000. The van der Waals surface area contributed by atoms with Gasteiger partial charge in [0.2, 0.25) is 11.8 Å². The highest BCUT2D eigenvalue weighted by molar-refractivity contribution is 8.01. The number of carbonyl (C=O) groups excluding carboxylic acids is 2. The Hall–Kier alpha value is -3.07. The second kappa shape index (κ2) is 10.6. The Morgan fingerprint density at radius 3 is 2.90 bits per heavy atom. The lowest BCUT2D eigenvalue weighted by molar-refractivity contribution is -0.118. The van der Waals surface area contributed by atoms with Gasteiger partial charge in [0, 0.05) is 24.2 Å². The number of ether oxygens (including phenoxy) is 1. The third-order valence-electron chi connectivity index (χ3n) is 4.21. The summed E-state index contributed by atoms with van der Waals surface area (Å²) >= 11 is 1.26. The number of thioether (sulfide) groups is 1. The predicted octanol–water partition coefficient (Wildman–Crippen LogP) is 3.18. The van der Waals surface area contributed by atoms with Gasteiger partial charge in [-0.25, -0.2) is 0 Å². The molecule has 9 heteroatoms. The van der Waals surface area contributed by atoms with Crippen LogP contribution in [-0.4, -0.2) is 46.1 Å². The molecule has 158 valence electrons. The maximum absolute atomic E-state index is 12.1. The number of amides is 2. The van der Waals surface area contributed by atoms with E-state index in [4.69, 9.17) is 9.26 Å². The topological polar surface area (TPSA) is 106 Å². The van der Waals surface area contributed by atoms with Crippen LogP contribution in [-0.2, 0) is 9.59 Å². The van der Waals surface area contributed by atoms with Crippen molar-refractivity contribution >= 4 is 40.3 Å². The molecule has 3 aromatic rings. The molecule has 0 fully saturated rings. The fourth-order valence-electron chi connectivity index (χ4n) is 2.66. The second-order valence-corrected chi connectivity index (χ2v) is 7.98. The third kappa shape index (κ3) is 6.21. The van der Waals surface area contributed by atoms with Crippen LogP contribution in [0.5, 0.6) is 5.75 Å². The molecule has 3 rings (SSSR count). The molecule has 0 bridgehead atoms. The number of anilines is 1. The molecule has 0 saturated carbocycles. The van der Waals surface area contributed by atoms with Gasteiger partial charge in [-0.1, -0.05) is 23.4 Å². The van der Waals surface area contributed by atoms with Gasteiger partial charge in [-0.3, -0.25) is 14.6 Å². The summed E-state index contributed by atoms with van der Waals surface area (Å²) < 4.78 is 10.7. The second-order valence-electron chi connectivity index (χ2n) is 6.65. The smallest absolute Gasteiger partial charge is 0.238 e. The minimum absolute atomic E-state index is 0.122. The largest absolute Gasteiger partial charge is 0.491 e. The Kier molecular flexibility index (Phi) is 7.67. The SMILES string of the molecule is Cc1cc(NC(=O)C(C)SCC(=O)NCCCOc2cccc3cccnc23)no1. The van der Waals surface area contributed by atoms with E-state index in [0.717, 1.165) is 16.7 Å². The summed E-state index contributed by atoms with van der Waals surface area (Å²) in [5.74, 6) is 1.57. The van der Waals surface area contributed by atoms with Crippen molar-refractivity contribution in [3.05, 3.63) is 48.4 Å². The molecule has 2 amide bonds. The van der Waals surface area contributed by atoms with E-state index in [-0.39, 0.29) is 17.6 Å². The summed E-state index contributed by atoms with van der Waals surface area (Å²) in [7, 11) is 0. The van der Waals surface area contributed by atoms with Crippen molar-refractivity contribution in [1.29, 1.82) is 0 Å². The highest BCUT2D eigenvalue weighted by atomic mass is 32.2. The number of hydrogen-bond donors (Lipinski definition) is 2. The van der Waals surface area contributed by atoms with Crippen molar-refractivity contribution < 1.29 is 18.8 Å². The summed E-state index contributed by atoms with van der Waals surface area (Å²) in [5, 5.41) is 9.85. The van der Waals surface area contributed by atoms with E-state index in [1.54, 1.807) is 26.1 Å². The van der Waals surface area contributed by atoms with Crippen LogP contribution < -0.4 is 15.4 Å². The first-order valence-electron chi connectivity index (χ1n) is 9.62. The van der Waals surface area contributed by atoms with E-state index in [9.17, 15) is 9.59 Å². The zero-order valence-corrected chi connectivity index (χ0v) is 17.7. The quantitative estimate of drug-likeness (QED) is 0.478. The molecular weight excluding hydrogens is 404 g/mol. The normalized spacial score (nSPS) is 11.8. The molecule has 8 nitrogen and oxygen atoms in total. The van der Waals surface area contributed by atoms with Gasteiger partial charge in [-0.15, -0.1) is 11.8 Å². The van der Waals surface area contributed by atoms with E-state index >= 15 is 0 Å². The average Bonchev–Trinajstić information content (AvgIpc) is 3.16. The van der Waals surface area contributed by atoms with Crippen molar-refractivity contribution in [2.24, 2.45) is 0 Å². The molecule has 2 heterocycles. The first-order valence-corrected chi connectivity index (χ1v) is 10.7. The monoisotopic (exact) mass is 428 g/mol. The molecule has 1 aromatic carbocycles. The van der Waals surface area contributed by atoms with Crippen molar-refractivity contribution in [2.75, 3.05) is 24.2 Å². The molecule has 1 unspecified atom stereocenters. The number of rotatable bonds is 10. The highest BCUT2D eigenvalue weighted by Crippen LogP contribution is 2.22. The number of fused-ring (bicyclic) bond motifs is 1. The number of pyridine rings is 1. The van der Waals surface area contributed by atoms with Crippen LogP contribution in [0.15, 0.2) is 47.1 Å². The van der Waals surface area contributed by atoms with Crippen molar-refractivity contribution in [3.63, 3.8) is 0 Å². The van der Waals surface area contributed by atoms with E-state index in [1.165, 1.54) is 11.8 Å². The number of aromatic nitrogens is 2. The van der Waals surface area contributed by atoms with Gasteiger partial charge in [0.15, 0.2) is 5.82 Å². The zero-order valence-electron chi connectivity index (χ0n) is 16.9. The van der Waals surface area contributed by atoms with Gasteiger partial charge in [-0.2, -0.15) is 0 Å². The lowest BCUT2D eigenvalue weighted by Gasteiger charge is -2.11. The predicted molar refractivity (Wildman–Crippen MR) is 117 cm³/mol. The molecule has 0 radical (unpaired) electrons. The van der Waals surface area contributed by atoms with Gasteiger partial charge >= 0.3 is 0 Å². The number of nitrogens with zero attached hydrogens (tertiary/aromatic N) is 2. The summed E-state index contributed by atoms with van der Waals surface area (Å²) in [4.78, 5) is 28.4. The van der Waals surface area contributed by atoms with E-state index in [1.807, 2.05) is 30.3 Å². The van der Waals surface area contributed by atoms with Crippen LogP contribution in [0.4, 0.5) is 5.82 Å². The number of benzene rings is 1. The fourth-order valence-corrected chi connectivity index (χ4v) is 3.37. The molecule has 0 aliphatic carbocycles. The van der Waals surface area contributed by atoms with Gasteiger partial charge in [0.1, 0.15) is 17.0 Å². The van der Waals surface area contributed by atoms with Crippen LogP contribution in [0, 0.1) is 6.92 Å². The Labute approximate surface area is 178 Å². The molecule has 0 spiro atoms. The molecular formula is C21H24N4O4S. The highest BCUT2D eigenvalue weighted by Gasteiger charge is 2.16. The number of carbonyl (C=O) groups is 2. The van der Waals surface area contributed by atoms with Crippen LogP contribution >= 0.6 is 11.8 Å². The van der Waals surface area contributed by atoms with Gasteiger partial charge in [0.05, 0.1) is 17.6 Å². The standard InChI is InChI=1S/C21H24N4O4S/c1-14-12-18(25-29-14)24-21(27)15(2)30-13-19(26)22-10-5-11-28-17-8-3-6-16-7-4-9-23-20(16)17/h3-4,6-9,12,15H,5,10-11,13H2,1-2H3,(H,22,26)(H,24,25,27). The summed E-state index contributed by atoms with van der Waals surface area (Å²) in [6, 6.07) is 11.3. The number of nitrogens with one attached hydrogen (secondary N) is 2. The summed E-state index contributed by atoms with van der Waals surface area (Å²) in [6.45, 7) is 4.46. The van der Waals surface area contributed by atoms with Crippen LogP contribution in [0.1, 0.15) is 19.1 Å². The molecule has 0 aliphatic rings. The van der Waals surface area contributed by atoms with Crippen LogP contribution in [0.2, 0.25) is 0 Å². The van der Waals surface area contributed by atoms with Gasteiger partial charge < -0.3 is 19.9 Å². The Morgan fingerprint density at radius 1 is 1.27 bits per heavy atom. The fraction of sp³-hybridized carbons (Fsp3) is 0.333. The number of para-hydroxylation sites is 1. The number of aryl methyl sites for hydroxylation is 1. The van der Waals surface area contributed by atoms with Crippen molar-refractivity contribution in [1.82, 2.24) is 15.5 Å². The third-order valence-corrected chi connectivity index (χ3v) is 5.35. The zero-order chi connectivity index (χ0) is 21.3. The molecule has 2 N–H and O–H groups in total. The molecule has 0 saturated heterocycles.